The molecule has 3 rings (SSSR count). The smallest absolute Gasteiger partial charge is 0.238 e. The van der Waals surface area contributed by atoms with E-state index in [4.69, 9.17) is 0 Å². The van der Waals surface area contributed by atoms with Gasteiger partial charge in [0.2, 0.25) is 11.8 Å². The first-order valence-corrected chi connectivity index (χ1v) is 9.56. The molecule has 2 aliphatic rings. The average molecular weight is 355 g/mol. The summed E-state index contributed by atoms with van der Waals surface area (Å²) < 4.78 is 0. The Bertz CT molecular complexity index is 690. The van der Waals surface area contributed by atoms with Crippen LogP contribution in [0.15, 0.2) is 30.4 Å². The minimum Gasteiger partial charge on any atom is -0.340 e. The Morgan fingerprint density at radius 1 is 1.15 bits per heavy atom. The second kappa shape index (κ2) is 8.49. The number of aryl methyl sites for hydroxylation is 1. The lowest BCUT2D eigenvalue weighted by molar-refractivity contribution is -0.133. The summed E-state index contributed by atoms with van der Waals surface area (Å²) in [5.74, 6) is 0.680. The molecule has 1 heterocycles. The zero-order chi connectivity index (χ0) is 18.5. The highest BCUT2D eigenvalue weighted by Crippen LogP contribution is 2.22. The molecule has 1 N–H and O–H groups in total. The standard InChI is InChI=1S/C21H29N3O2/c1-16-6-5-9-19(17(16)2)22-20(25)15-23-10-12-24(13-11-23)21(26)14-18-7-3-4-8-18/h3,5-7,9,18H,4,8,10-15H2,1-2H3,(H,22,25)/t18-/m1/s1. The molecule has 0 aromatic heterocycles. The van der Waals surface area contributed by atoms with Gasteiger partial charge in [0, 0.05) is 38.3 Å². The SMILES string of the molecule is Cc1cccc(NC(=O)CN2CCN(C(=O)C[C@@H]3C=CCC3)CC2)c1C. The van der Waals surface area contributed by atoms with Crippen LogP contribution < -0.4 is 5.32 Å². The molecule has 1 fully saturated rings. The summed E-state index contributed by atoms with van der Waals surface area (Å²) in [6, 6.07) is 5.94. The average Bonchev–Trinajstić information content (AvgIpc) is 3.12. The zero-order valence-electron chi connectivity index (χ0n) is 15.8. The van der Waals surface area contributed by atoms with Gasteiger partial charge in [0.15, 0.2) is 0 Å². The highest BCUT2D eigenvalue weighted by Gasteiger charge is 2.24. The third-order valence-electron chi connectivity index (χ3n) is 5.52. The predicted molar refractivity (Wildman–Crippen MR) is 104 cm³/mol. The lowest BCUT2D eigenvalue weighted by atomic mass is 10.0. The lowest BCUT2D eigenvalue weighted by Gasteiger charge is -2.34. The maximum Gasteiger partial charge on any atom is 0.238 e. The highest BCUT2D eigenvalue weighted by atomic mass is 16.2. The van der Waals surface area contributed by atoms with Crippen molar-refractivity contribution in [2.24, 2.45) is 5.92 Å². The molecular weight excluding hydrogens is 326 g/mol. The number of benzene rings is 1. The van der Waals surface area contributed by atoms with Gasteiger partial charge in [-0.15, -0.1) is 0 Å². The van der Waals surface area contributed by atoms with E-state index in [0.29, 0.717) is 32.0 Å². The summed E-state index contributed by atoms with van der Waals surface area (Å²) in [4.78, 5) is 28.8. The van der Waals surface area contributed by atoms with Crippen LogP contribution in [0.4, 0.5) is 5.69 Å². The van der Waals surface area contributed by atoms with Gasteiger partial charge in [-0.05, 0) is 49.8 Å². The topological polar surface area (TPSA) is 52.7 Å². The van der Waals surface area contributed by atoms with Crippen LogP contribution in [0.1, 0.15) is 30.4 Å². The van der Waals surface area contributed by atoms with Crippen molar-refractivity contribution in [3.05, 3.63) is 41.5 Å². The second-order valence-electron chi connectivity index (χ2n) is 7.42. The fourth-order valence-electron chi connectivity index (χ4n) is 3.65. The van der Waals surface area contributed by atoms with E-state index in [9.17, 15) is 9.59 Å². The molecule has 1 aliphatic carbocycles. The number of carbonyl (C=O) groups excluding carboxylic acids is 2. The maximum atomic E-state index is 12.4. The number of anilines is 1. The zero-order valence-corrected chi connectivity index (χ0v) is 15.8. The molecule has 0 radical (unpaired) electrons. The molecule has 1 atom stereocenters. The number of nitrogens with one attached hydrogen (secondary N) is 1. The summed E-state index contributed by atoms with van der Waals surface area (Å²) in [7, 11) is 0. The Morgan fingerprint density at radius 2 is 1.92 bits per heavy atom. The summed E-state index contributed by atoms with van der Waals surface area (Å²) in [6.45, 7) is 7.38. The van der Waals surface area contributed by atoms with Crippen LogP contribution in [0.2, 0.25) is 0 Å². The summed E-state index contributed by atoms with van der Waals surface area (Å²) in [6.07, 6.45) is 7.17. The predicted octanol–water partition coefficient (Wildman–Crippen LogP) is 2.74. The Morgan fingerprint density at radius 3 is 2.62 bits per heavy atom. The van der Waals surface area contributed by atoms with Crippen LogP contribution in [-0.2, 0) is 9.59 Å². The minimum absolute atomic E-state index is 0.00886. The van der Waals surface area contributed by atoms with E-state index in [2.05, 4.69) is 22.4 Å². The molecule has 1 aliphatic heterocycles. The minimum atomic E-state index is 0.00886. The van der Waals surface area contributed by atoms with Gasteiger partial charge >= 0.3 is 0 Å². The van der Waals surface area contributed by atoms with Gasteiger partial charge < -0.3 is 10.2 Å². The van der Waals surface area contributed by atoms with Gasteiger partial charge in [-0.2, -0.15) is 0 Å². The van der Waals surface area contributed by atoms with Gasteiger partial charge in [-0.25, -0.2) is 0 Å². The number of amides is 2. The maximum absolute atomic E-state index is 12.4. The Kier molecular flexibility index (Phi) is 6.09. The van der Waals surface area contributed by atoms with E-state index in [1.165, 1.54) is 5.56 Å². The molecule has 1 saturated heterocycles. The monoisotopic (exact) mass is 355 g/mol. The summed E-state index contributed by atoms with van der Waals surface area (Å²) >= 11 is 0. The van der Waals surface area contributed by atoms with Crippen molar-refractivity contribution in [2.75, 3.05) is 38.0 Å². The number of hydrogen-bond donors (Lipinski definition) is 1. The quantitative estimate of drug-likeness (QED) is 0.827. The molecule has 5 nitrogen and oxygen atoms in total. The molecule has 0 saturated carbocycles. The van der Waals surface area contributed by atoms with Crippen molar-refractivity contribution in [3.8, 4) is 0 Å². The number of allylic oxidation sites excluding steroid dienone is 2. The van der Waals surface area contributed by atoms with Crippen LogP contribution in [0.5, 0.6) is 0 Å². The molecule has 1 aromatic rings. The van der Waals surface area contributed by atoms with E-state index in [0.717, 1.165) is 37.2 Å². The first-order valence-electron chi connectivity index (χ1n) is 9.56. The van der Waals surface area contributed by atoms with Crippen molar-refractivity contribution in [3.63, 3.8) is 0 Å². The van der Waals surface area contributed by atoms with Gasteiger partial charge in [-0.1, -0.05) is 24.3 Å². The fraction of sp³-hybridized carbons (Fsp3) is 0.524. The van der Waals surface area contributed by atoms with Crippen molar-refractivity contribution in [1.82, 2.24) is 9.80 Å². The molecule has 5 heteroatoms. The van der Waals surface area contributed by atoms with Gasteiger partial charge in [0.25, 0.3) is 0 Å². The van der Waals surface area contributed by atoms with Crippen LogP contribution in [0.3, 0.4) is 0 Å². The van der Waals surface area contributed by atoms with Gasteiger partial charge in [0.1, 0.15) is 0 Å². The van der Waals surface area contributed by atoms with Crippen molar-refractivity contribution >= 4 is 17.5 Å². The van der Waals surface area contributed by atoms with Crippen LogP contribution in [0, 0.1) is 19.8 Å². The molecule has 1 aromatic carbocycles. The van der Waals surface area contributed by atoms with E-state index in [-0.39, 0.29) is 11.8 Å². The number of rotatable bonds is 5. The first-order chi connectivity index (χ1) is 12.5. The third kappa shape index (κ3) is 4.73. The van der Waals surface area contributed by atoms with E-state index >= 15 is 0 Å². The fourth-order valence-corrected chi connectivity index (χ4v) is 3.65. The molecule has 0 unspecified atom stereocenters. The lowest BCUT2D eigenvalue weighted by Crippen LogP contribution is -2.50. The normalized spacial score (nSPS) is 20.4. The van der Waals surface area contributed by atoms with E-state index in [1.807, 2.05) is 36.9 Å². The molecule has 26 heavy (non-hydrogen) atoms. The number of carbonyl (C=O) groups is 2. The van der Waals surface area contributed by atoms with E-state index < -0.39 is 0 Å². The molecule has 0 spiro atoms. The van der Waals surface area contributed by atoms with Crippen molar-refractivity contribution in [1.29, 1.82) is 0 Å². The Hall–Kier alpha value is -2.14. The Balaban J connectivity index is 1.43. The molecule has 140 valence electrons. The van der Waals surface area contributed by atoms with E-state index in [1.54, 1.807) is 0 Å². The third-order valence-corrected chi connectivity index (χ3v) is 5.52. The summed E-state index contributed by atoms with van der Waals surface area (Å²) in [5.41, 5.74) is 3.16. The first kappa shape index (κ1) is 18.6. The second-order valence-corrected chi connectivity index (χ2v) is 7.42. The highest BCUT2D eigenvalue weighted by molar-refractivity contribution is 5.93. The van der Waals surface area contributed by atoms with Crippen LogP contribution in [0.25, 0.3) is 0 Å². The number of piperazine rings is 1. The largest absolute Gasteiger partial charge is 0.340 e. The molecule has 0 bridgehead atoms. The van der Waals surface area contributed by atoms with Gasteiger partial charge in [0.05, 0.1) is 6.54 Å². The molecule has 2 amide bonds. The molecular formula is C21H29N3O2. The van der Waals surface area contributed by atoms with Crippen LogP contribution >= 0.6 is 0 Å². The van der Waals surface area contributed by atoms with Crippen molar-refractivity contribution < 1.29 is 9.59 Å². The number of hydrogen-bond acceptors (Lipinski definition) is 3. The van der Waals surface area contributed by atoms with Gasteiger partial charge in [-0.3, -0.25) is 14.5 Å². The number of nitrogens with zero attached hydrogens (tertiary/aromatic N) is 2. The summed E-state index contributed by atoms with van der Waals surface area (Å²) in [5, 5.41) is 3.01. The van der Waals surface area contributed by atoms with Crippen molar-refractivity contribution in [2.45, 2.75) is 33.1 Å². The Labute approximate surface area is 156 Å². The van der Waals surface area contributed by atoms with Crippen LogP contribution in [-0.4, -0.2) is 54.3 Å².